The summed E-state index contributed by atoms with van der Waals surface area (Å²) in [4.78, 5) is 24.1. The number of hydrogen-bond donors (Lipinski definition) is 4. The van der Waals surface area contributed by atoms with E-state index in [-0.39, 0.29) is 31.1 Å². The van der Waals surface area contributed by atoms with Crippen molar-refractivity contribution < 1.29 is 29.3 Å². The lowest BCUT2D eigenvalue weighted by molar-refractivity contribution is -0.115. The molecule has 2 amide bonds. The second kappa shape index (κ2) is 13.5. The molecule has 0 aliphatic carbocycles. The molecule has 2 atom stereocenters. The Bertz CT molecular complexity index is 830. The number of aliphatic hydroxyl groups is 2. The van der Waals surface area contributed by atoms with E-state index in [9.17, 15) is 19.8 Å². The van der Waals surface area contributed by atoms with E-state index < -0.39 is 12.2 Å². The van der Waals surface area contributed by atoms with Gasteiger partial charge in [-0.15, -0.1) is 0 Å². The molecule has 2 aromatic rings. The van der Waals surface area contributed by atoms with E-state index in [4.69, 9.17) is 9.47 Å². The van der Waals surface area contributed by atoms with Gasteiger partial charge >= 0.3 is 0 Å². The van der Waals surface area contributed by atoms with E-state index in [1.54, 1.807) is 48.5 Å². The summed E-state index contributed by atoms with van der Waals surface area (Å²) in [5.41, 5.74) is 1.34. The number of ether oxygens (including phenoxy) is 2. The molecule has 2 aromatic carbocycles. The monoisotopic (exact) mass is 473 g/mol. The molecule has 0 heterocycles. The van der Waals surface area contributed by atoms with Crippen LogP contribution in [0.2, 0.25) is 0 Å². The van der Waals surface area contributed by atoms with E-state index in [2.05, 4.69) is 10.6 Å². The molecule has 0 saturated heterocycles. The number of nitrogens with zero attached hydrogens (tertiary/aromatic N) is 1. The van der Waals surface area contributed by atoms with Gasteiger partial charge in [-0.2, -0.15) is 0 Å². The molecular weight excluding hydrogens is 438 g/mol. The maximum absolute atomic E-state index is 11.1. The zero-order chi connectivity index (χ0) is 25.1. The van der Waals surface area contributed by atoms with Gasteiger partial charge in [0.15, 0.2) is 0 Å². The van der Waals surface area contributed by atoms with Gasteiger partial charge in [-0.05, 0) is 62.4 Å². The van der Waals surface area contributed by atoms with Gasteiger partial charge in [-0.3, -0.25) is 14.5 Å². The van der Waals surface area contributed by atoms with Gasteiger partial charge in [0.1, 0.15) is 36.9 Å². The Kier molecular flexibility index (Phi) is 10.8. The van der Waals surface area contributed by atoms with Gasteiger partial charge in [-0.1, -0.05) is 0 Å². The molecule has 4 N–H and O–H groups in total. The van der Waals surface area contributed by atoms with Crippen LogP contribution in [0.5, 0.6) is 11.5 Å². The number of aliphatic hydroxyl groups excluding tert-OH is 2. The molecule has 2 rings (SSSR count). The second-order valence-corrected chi connectivity index (χ2v) is 8.39. The molecule has 0 radical (unpaired) electrons. The van der Waals surface area contributed by atoms with Crippen molar-refractivity contribution in [3.8, 4) is 11.5 Å². The van der Waals surface area contributed by atoms with Crippen molar-refractivity contribution in [2.24, 2.45) is 0 Å². The molecule has 34 heavy (non-hydrogen) atoms. The average Bonchev–Trinajstić information content (AvgIpc) is 2.77. The predicted octanol–water partition coefficient (Wildman–Crippen LogP) is 2.49. The first-order valence-corrected chi connectivity index (χ1v) is 11.2. The highest BCUT2D eigenvalue weighted by atomic mass is 16.5. The molecule has 0 saturated carbocycles. The fourth-order valence-electron chi connectivity index (χ4n) is 3.20. The quantitative estimate of drug-likeness (QED) is 0.353. The van der Waals surface area contributed by atoms with Crippen LogP contribution in [0.4, 0.5) is 11.4 Å². The van der Waals surface area contributed by atoms with Crippen LogP contribution in [0.1, 0.15) is 27.7 Å². The van der Waals surface area contributed by atoms with Crippen molar-refractivity contribution in [2.75, 3.05) is 36.9 Å². The summed E-state index contributed by atoms with van der Waals surface area (Å²) < 4.78 is 11.3. The second-order valence-electron chi connectivity index (χ2n) is 8.39. The molecule has 0 aliphatic rings. The van der Waals surface area contributed by atoms with Crippen molar-refractivity contribution in [1.82, 2.24) is 4.90 Å². The van der Waals surface area contributed by atoms with Crippen LogP contribution >= 0.6 is 0 Å². The molecule has 0 spiro atoms. The summed E-state index contributed by atoms with van der Waals surface area (Å²) in [6.45, 7) is 7.69. The highest BCUT2D eigenvalue weighted by Gasteiger charge is 2.19. The Morgan fingerprint density at radius 1 is 0.765 bits per heavy atom. The van der Waals surface area contributed by atoms with Gasteiger partial charge in [0.05, 0.1) is 0 Å². The van der Waals surface area contributed by atoms with Gasteiger partial charge in [0.25, 0.3) is 0 Å². The molecule has 0 aliphatic heterocycles. The van der Waals surface area contributed by atoms with Crippen LogP contribution in [-0.2, 0) is 9.59 Å². The van der Waals surface area contributed by atoms with Crippen LogP contribution < -0.4 is 20.1 Å². The Morgan fingerprint density at radius 3 is 1.41 bits per heavy atom. The Morgan fingerprint density at radius 2 is 1.12 bits per heavy atom. The lowest BCUT2D eigenvalue weighted by Crippen LogP contribution is -2.45. The third-order valence-corrected chi connectivity index (χ3v) is 4.85. The Balaban J connectivity index is 1.77. The maximum Gasteiger partial charge on any atom is 0.221 e. The minimum absolute atomic E-state index is 0.0932. The summed E-state index contributed by atoms with van der Waals surface area (Å²) in [7, 11) is 0. The lowest BCUT2D eigenvalue weighted by atomic mass is 10.2. The van der Waals surface area contributed by atoms with E-state index in [0.717, 1.165) is 0 Å². The van der Waals surface area contributed by atoms with E-state index in [1.165, 1.54) is 13.8 Å². The molecule has 2 unspecified atom stereocenters. The zero-order valence-electron chi connectivity index (χ0n) is 20.2. The Hall–Kier alpha value is -3.14. The zero-order valence-corrected chi connectivity index (χ0v) is 20.2. The van der Waals surface area contributed by atoms with Gasteiger partial charge in [-0.25, -0.2) is 0 Å². The largest absolute Gasteiger partial charge is 0.491 e. The molecule has 0 bridgehead atoms. The van der Waals surface area contributed by atoms with Crippen molar-refractivity contribution in [3.05, 3.63) is 48.5 Å². The van der Waals surface area contributed by atoms with E-state index in [1.807, 2.05) is 18.7 Å². The van der Waals surface area contributed by atoms with Crippen LogP contribution in [0.25, 0.3) is 0 Å². The topological polar surface area (TPSA) is 120 Å². The first-order chi connectivity index (χ1) is 16.1. The number of hydrogen-bond acceptors (Lipinski definition) is 7. The Labute approximate surface area is 200 Å². The molecule has 186 valence electrons. The lowest BCUT2D eigenvalue weighted by Gasteiger charge is -2.30. The maximum atomic E-state index is 11.1. The SMILES string of the molecule is CC(=O)Nc1ccc(OCC(O)CN(CC(O)COc2ccc(NC(C)=O)cc2)C(C)C)cc1. The third-order valence-electron chi connectivity index (χ3n) is 4.85. The fraction of sp³-hybridized carbons (Fsp3) is 0.440. The summed E-state index contributed by atoms with van der Waals surface area (Å²) in [6, 6.07) is 13.9. The first kappa shape index (κ1) is 27.1. The predicted molar refractivity (Wildman–Crippen MR) is 131 cm³/mol. The van der Waals surface area contributed by atoms with Gasteiger partial charge in [0, 0.05) is 44.4 Å². The third kappa shape index (κ3) is 10.2. The minimum Gasteiger partial charge on any atom is -0.491 e. The number of amides is 2. The highest BCUT2D eigenvalue weighted by molar-refractivity contribution is 5.89. The molecule has 0 aromatic heterocycles. The number of nitrogens with one attached hydrogen (secondary N) is 2. The number of carbonyl (C=O) groups excluding carboxylic acids is 2. The van der Waals surface area contributed by atoms with Gasteiger partial charge < -0.3 is 30.3 Å². The van der Waals surface area contributed by atoms with Crippen molar-refractivity contribution >= 4 is 23.2 Å². The van der Waals surface area contributed by atoms with Crippen LogP contribution in [0.3, 0.4) is 0 Å². The van der Waals surface area contributed by atoms with Crippen molar-refractivity contribution in [2.45, 2.75) is 45.9 Å². The number of anilines is 2. The fourth-order valence-corrected chi connectivity index (χ4v) is 3.20. The average molecular weight is 474 g/mol. The highest BCUT2D eigenvalue weighted by Crippen LogP contribution is 2.17. The smallest absolute Gasteiger partial charge is 0.221 e. The van der Waals surface area contributed by atoms with Crippen LogP contribution in [0.15, 0.2) is 48.5 Å². The van der Waals surface area contributed by atoms with Crippen molar-refractivity contribution in [1.29, 1.82) is 0 Å². The van der Waals surface area contributed by atoms with Gasteiger partial charge in [0.2, 0.25) is 11.8 Å². The molecule has 9 nitrogen and oxygen atoms in total. The number of benzene rings is 2. The molecule has 0 fully saturated rings. The number of carbonyl (C=O) groups is 2. The minimum atomic E-state index is -0.758. The molecular formula is C25H35N3O6. The van der Waals surface area contributed by atoms with Crippen LogP contribution in [0, 0.1) is 0 Å². The summed E-state index contributed by atoms with van der Waals surface area (Å²) >= 11 is 0. The van der Waals surface area contributed by atoms with Crippen LogP contribution in [-0.4, -0.2) is 71.5 Å². The normalized spacial score (nSPS) is 12.8. The summed E-state index contributed by atoms with van der Waals surface area (Å²) in [5.74, 6) is 0.875. The summed E-state index contributed by atoms with van der Waals surface area (Å²) in [5, 5.41) is 26.3. The molecule has 9 heteroatoms. The van der Waals surface area contributed by atoms with Crippen molar-refractivity contribution in [3.63, 3.8) is 0 Å². The summed E-state index contributed by atoms with van der Waals surface area (Å²) in [6.07, 6.45) is -1.52. The van der Waals surface area contributed by atoms with E-state index >= 15 is 0 Å². The standard InChI is InChI=1S/C25H35N3O6/c1-17(2)28(13-22(31)15-33-24-9-5-20(6-10-24)26-18(3)29)14-23(32)16-34-25-11-7-21(8-12-25)27-19(4)30/h5-12,17,22-23,31-32H,13-16H2,1-4H3,(H,26,29)(H,27,30). The van der Waals surface area contributed by atoms with E-state index in [0.29, 0.717) is 36.0 Å². The number of rotatable bonds is 13. The first-order valence-electron chi connectivity index (χ1n) is 11.2.